The van der Waals surface area contributed by atoms with Crippen molar-refractivity contribution in [2.24, 2.45) is 5.92 Å². The third-order valence-corrected chi connectivity index (χ3v) is 4.14. The van der Waals surface area contributed by atoms with Crippen LogP contribution in [0, 0.1) is 12.8 Å². The summed E-state index contributed by atoms with van der Waals surface area (Å²) in [5.41, 5.74) is 2.55. The molecule has 0 aliphatic carbocycles. The molecule has 1 aromatic carbocycles. The molecule has 0 fully saturated rings. The van der Waals surface area contributed by atoms with Crippen LogP contribution in [0.4, 0.5) is 0 Å². The van der Waals surface area contributed by atoms with Crippen molar-refractivity contribution in [3.8, 4) is 5.75 Å². The van der Waals surface area contributed by atoms with Gasteiger partial charge in [0, 0.05) is 20.2 Å². The normalized spacial score (nSPS) is 14.0. The summed E-state index contributed by atoms with van der Waals surface area (Å²) in [4.78, 5) is 0. The summed E-state index contributed by atoms with van der Waals surface area (Å²) in [5, 5.41) is 3.51. The monoisotopic (exact) mass is 293 g/mol. The van der Waals surface area contributed by atoms with Gasteiger partial charge in [0.25, 0.3) is 0 Å². The molecule has 2 atom stereocenters. The minimum atomic E-state index is 0.510. The third-order valence-electron chi connectivity index (χ3n) is 4.14. The first-order valence-corrected chi connectivity index (χ1v) is 7.98. The zero-order valence-corrected chi connectivity index (χ0v) is 14.2. The number of rotatable bonds is 10. The van der Waals surface area contributed by atoms with Crippen molar-refractivity contribution in [1.82, 2.24) is 5.32 Å². The molecule has 2 unspecified atom stereocenters. The SMILES string of the molecule is CCCC(C)C(CNCCOC)c1ccc(C)c(OC)c1. The molecule has 1 aromatic rings. The van der Waals surface area contributed by atoms with Crippen LogP contribution in [0.25, 0.3) is 0 Å². The highest BCUT2D eigenvalue weighted by molar-refractivity contribution is 5.38. The summed E-state index contributed by atoms with van der Waals surface area (Å²) in [7, 11) is 3.48. The number of ether oxygens (including phenoxy) is 2. The summed E-state index contributed by atoms with van der Waals surface area (Å²) >= 11 is 0. The fourth-order valence-electron chi connectivity index (χ4n) is 2.80. The molecule has 3 heteroatoms. The number of methoxy groups -OCH3 is 2. The van der Waals surface area contributed by atoms with E-state index in [0.717, 1.165) is 25.4 Å². The molecule has 0 aliphatic rings. The molecule has 0 saturated carbocycles. The second-order valence-electron chi connectivity index (χ2n) is 5.80. The van der Waals surface area contributed by atoms with E-state index in [-0.39, 0.29) is 0 Å². The van der Waals surface area contributed by atoms with Crippen LogP contribution in [-0.2, 0) is 4.74 Å². The maximum Gasteiger partial charge on any atom is 0.122 e. The van der Waals surface area contributed by atoms with Crippen molar-refractivity contribution in [1.29, 1.82) is 0 Å². The van der Waals surface area contributed by atoms with E-state index < -0.39 is 0 Å². The van der Waals surface area contributed by atoms with Crippen LogP contribution in [0.5, 0.6) is 5.75 Å². The maximum atomic E-state index is 5.48. The Balaban J connectivity index is 2.83. The zero-order valence-electron chi connectivity index (χ0n) is 14.2. The Bertz CT molecular complexity index is 406. The Morgan fingerprint density at radius 1 is 1.24 bits per heavy atom. The topological polar surface area (TPSA) is 30.5 Å². The molecular weight excluding hydrogens is 262 g/mol. The van der Waals surface area contributed by atoms with Gasteiger partial charge < -0.3 is 14.8 Å². The van der Waals surface area contributed by atoms with Crippen LogP contribution in [-0.4, -0.2) is 33.9 Å². The van der Waals surface area contributed by atoms with Crippen LogP contribution in [0.1, 0.15) is 43.7 Å². The molecule has 0 aromatic heterocycles. The van der Waals surface area contributed by atoms with Gasteiger partial charge in [-0.3, -0.25) is 0 Å². The van der Waals surface area contributed by atoms with E-state index in [2.05, 4.69) is 44.3 Å². The standard InChI is InChI=1S/C18H31NO2/c1-6-7-14(2)17(13-19-10-11-20-4)16-9-8-15(3)18(12-16)21-5/h8-9,12,14,17,19H,6-7,10-11,13H2,1-5H3. The average molecular weight is 293 g/mol. The van der Waals surface area contributed by atoms with Crippen LogP contribution in [0.15, 0.2) is 18.2 Å². The van der Waals surface area contributed by atoms with Crippen molar-refractivity contribution in [3.05, 3.63) is 29.3 Å². The van der Waals surface area contributed by atoms with Crippen molar-refractivity contribution < 1.29 is 9.47 Å². The van der Waals surface area contributed by atoms with E-state index in [9.17, 15) is 0 Å². The molecule has 0 heterocycles. The minimum Gasteiger partial charge on any atom is -0.496 e. The van der Waals surface area contributed by atoms with Gasteiger partial charge in [0.2, 0.25) is 0 Å². The second-order valence-corrected chi connectivity index (χ2v) is 5.80. The summed E-state index contributed by atoms with van der Waals surface area (Å²) in [6, 6.07) is 6.60. The predicted octanol–water partition coefficient (Wildman–Crippen LogP) is 3.76. The van der Waals surface area contributed by atoms with Crippen molar-refractivity contribution in [3.63, 3.8) is 0 Å². The van der Waals surface area contributed by atoms with Crippen molar-refractivity contribution in [2.45, 2.75) is 39.5 Å². The van der Waals surface area contributed by atoms with Gasteiger partial charge in [-0.05, 0) is 36.0 Å². The fourth-order valence-corrected chi connectivity index (χ4v) is 2.80. The van der Waals surface area contributed by atoms with Gasteiger partial charge in [-0.15, -0.1) is 0 Å². The second kappa shape index (κ2) is 9.80. The van der Waals surface area contributed by atoms with E-state index in [1.807, 2.05) is 0 Å². The third kappa shape index (κ3) is 5.68. The van der Waals surface area contributed by atoms with Crippen molar-refractivity contribution >= 4 is 0 Å². The van der Waals surface area contributed by atoms with E-state index in [1.54, 1.807) is 14.2 Å². The molecule has 0 amide bonds. The van der Waals surface area contributed by atoms with Gasteiger partial charge in [-0.1, -0.05) is 38.8 Å². The molecule has 0 spiro atoms. The largest absolute Gasteiger partial charge is 0.496 e. The van der Waals surface area contributed by atoms with E-state index in [1.165, 1.54) is 24.0 Å². The lowest BCUT2D eigenvalue weighted by atomic mass is 9.84. The zero-order chi connectivity index (χ0) is 15.7. The van der Waals surface area contributed by atoms with Crippen LogP contribution in [0.2, 0.25) is 0 Å². The Hall–Kier alpha value is -1.06. The number of hydrogen-bond donors (Lipinski definition) is 1. The van der Waals surface area contributed by atoms with E-state index >= 15 is 0 Å². The summed E-state index contributed by atoms with van der Waals surface area (Å²) in [5.74, 6) is 2.15. The number of benzene rings is 1. The maximum absolute atomic E-state index is 5.48. The molecule has 0 bridgehead atoms. The molecule has 3 nitrogen and oxygen atoms in total. The van der Waals surface area contributed by atoms with Gasteiger partial charge in [0.15, 0.2) is 0 Å². The molecule has 1 N–H and O–H groups in total. The number of aryl methyl sites for hydroxylation is 1. The molecule has 0 aliphatic heterocycles. The lowest BCUT2D eigenvalue weighted by Crippen LogP contribution is -2.28. The van der Waals surface area contributed by atoms with Gasteiger partial charge in [0.1, 0.15) is 5.75 Å². The van der Waals surface area contributed by atoms with Gasteiger partial charge in [0.05, 0.1) is 13.7 Å². The number of hydrogen-bond acceptors (Lipinski definition) is 3. The van der Waals surface area contributed by atoms with Crippen molar-refractivity contribution in [2.75, 3.05) is 33.9 Å². The van der Waals surface area contributed by atoms with E-state index in [4.69, 9.17) is 9.47 Å². The quantitative estimate of drug-likeness (QED) is 0.666. The highest BCUT2D eigenvalue weighted by Gasteiger charge is 2.19. The highest BCUT2D eigenvalue weighted by atomic mass is 16.5. The predicted molar refractivity (Wildman–Crippen MR) is 89.3 cm³/mol. The van der Waals surface area contributed by atoms with Crippen LogP contribution >= 0.6 is 0 Å². The summed E-state index contributed by atoms with van der Waals surface area (Å²) < 4.78 is 10.6. The molecule has 120 valence electrons. The first-order chi connectivity index (χ1) is 10.1. The molecule has 1 rings (SSSR count). The Morgan fingerprint density at radius 2 is 2.00 bits per heavy atom. The van der Waals surface area contributed by atoms with Gasteiger partial charge in [-0.25, -0.2) is 0 Å². The molecular formula is C18H31NO2. The van der Waals surface area contributed by atoms with Crippen LogP contribution < -0.4 is 10.1 Å². The Kier molecular flexibility index (Phi) is 8.40. The average Bonchev–Trinajstić information content (AvgIpc) is 2.48. The minimum absolute atomic E-state index is 0.510. The molecule has 21 heavy (non-hydrogen) atoms. The fraction of sp³-hybridized carbons (Fsp3) is 0.667. The highest BCUT2D eigenvalue weighted by Crippen LogP contribution is 2.31. The summed E-state index contributed by atoms with van der Waals surface area (Å²) in [6.07, 6.45) is 2.46. The smallest absolute Gasteiger partial charge is 0.122 e. The Labute approximate surface area is 130 Å². The molecule has 0 radical (unpaired) electrons. The first kappa shape index (κ1) is 18.0. The van der Waals surface area contributed by atoms with Gasteiger partial charge >= 0.3 is 0 Å². The number of nitrogens with one attached hydrogen (secondary N) is 1. The Morgan fingerprint density at radius 3 is 2.62 bits per heavy atom. The summed E-state index contributed by atoms with van der Waals surface area (Å²) in [6.45, 7) is 9.32. The lowest BCUT2D eigenvalue weighted by Gasteiger charge is -2.25. The molecule has 0 saturated heterocycles. The van der Waals surface area contributed by atoms with Gasteiger partial charge in [-0.2, -0.15) is 0 Å². The van der Waals surface area contributed by atoms with E-state index in [0.29, 0.717) is 11.8 Å². The van der Waals surface area contributed by atoms with Crippen LogP contribution in [0.3, 0.4) is 0 Å². The lowest BCUT2D eigenvalue weighted by molar-refractivity contribution is 0.198. The first-order valence-electron chi connectivity index (χ1n) is 7.98.